The van der Waals surface area contributed by atoms with E-state index in [1.807, 2.05) is 20.8 Å². The van der Waals surface area contributed by atoms with Gasteiger partial charge in [0.05, 0.1) is 13.1 Å². The Morgan fingerprint density at radius 3 is 2.38 bits per heavy atom. The van der Waals surface area contributed by atoms with Gasteiger partial charge in [-0.2, -0.15) is 0 Å². The molecule has 0 bridgehead atoms. The van der Waals surface area contributed by atoms with Crippen molar-refractivity contribution in [3.63, 3.8) is 0 Å². The average Bonchev–Trinajstić information content (AvgIpc) is 2.84. The number of esters is 1. The average molecular weight is 228 g/mol. The van der Waals surface area contributed by atoms with Crippen LogP contribution in [-0.4, -0.2) is 36.6 Å². The summed E-state index contributed by atoms with van der Waals surface area (Å²) >= 11 is 0. The Kier molecular flexibility index (Phi) is 4.29. The molecule has 2 N–H and O–H groups in total. The number of amides is 1. The summed E-state index contributed by atoms with van der Waals surface area (Å²) in [6.07, 6.45) is 2.13. The van der Waals surface area contributed by atoms with Crippen molar-refractivity contribution >= 4 is 11.9 Å². The molecule has 0 saturated heterocycles. The fraction of sp³-hybridized carbons (Fsp3) is 0.818. The summed E-state index contributed by atoms with van der Waals surface area (Å²) in [6.45, 7) is 5.66. The van der Waals surface area contributed by atoms with Crippen LogP contribution in [0.4, 0.5) is 0 Å². The van der Waals surface area contributed by atoms with Crippen LogP contribution in [0.1, 0.15) is 33.6 Å². The van der Waals surface area contributed by atoms with Crippen LogP contribution in [0.5, 0.6) is 0 Å². The van der Waals surface area contributed by atoms with Crippen molar-refractivity contribution in [2.45, 2.75) is 45.3 Å². The molecule has 0 heterocycles. The van der Waals surface area contributed by atoms with Crippen LogP contribution in [0.15, 0.2) is 0 Å². The third kappa shape index (κ3) is 6.40. The van der Waals surface area contributed by atoms with E-state index in [1.54, 1.807) is 0 Å². The van der Waals surface area contributed by atoms with Crippen LogP contribution < -0.4 is 10.6 Å². The molecule has 1 amide bonds. The van der Waals surface area contributed by atoms with Crippen LogP contribution in [0.2, 0.25) is 0 Å². The smallest absolute Gasteiger partial charge is 0.320 e. The molecule has 0 aromatic carbocycles. The molecule has 1 aliphatic carbocycles. The van der Waals surface area contributed by atoms with Gasteiger partial charge in [0.25, 0.3) is 0 Å². The van der Waals surface area contributed by atoms with Crippen molar-refractivity contribution in [2.24, 2.45) is 0 Å². The van der Waals surface area contributed by atoms with E-state index in [0.29, 0.717) is 6.04 Å². The van der Waals surface area contributed by atoms with Gasteiger partial charge >= 0.3 is 5.97 Å². The fourth-order valence-electron chi connectivity index (χ4n) is 1.16. The first-order valence-corrected chi connectivity index (χ1v) is 5.59. The first kappa shape index (κ1) is 13.0. The third-order valence-electron chi connectivity index (χ3n) is 1.92. The quantitative estimate of drug-likeness (QED) is 0.659. The molecule has 0 aromatic rings. The second-order valence-electron chi connectivity index (χ2n) is 5.03. The molecular weight excluding hydrogens is 208 g/mol. The predicted molar refractivity (Wildman–Crippen MR) is 59.9 cm³/mol. The SMILES string of the molecule is CC(C)(C)OC(=O)CNCC(=O)NC1CC1. The molecule has 0 unspecified atom stereocenters. The van der Waals surface area contributed by atoms with Crippen molar-refractivity contribution < 1.29 is 14.3 Å². The highest BCUT2D eigenvalue weighted by molar-refractivity contribution is 5.79. The van der Waals surface area contributed by atoms with Gasteiger partial charge < -0.3 is 10.1 Å². The molecule has 0 atom stereocenters. The number of hydrogen-bond donors (Lipinski definition) is 2. The number of nitrogens with one attached hydrogen (secondary N) is 2. The summed E-state index contributed by atoms with van der Waals surface area (Å²) in [7, 11) is 0. The molecular formula is C11H20N2O3. The molecule has 16 heavy (non-hydrogen) atoms. The van der Waals surface area contributed by atoms with Gasteiger partial charge in [0.1, 0.15) is 5.60 Å². The van der Waals surface area contributed by atoms with Crippen LogP contribution in [0.25, 0.3) is 0 Å². The van der Waals surface area contributed by atoms with E-state index in [4.69, 9.17) is 4.74 Å². The minimum Gasteiger partial charge on any atom is -0.459 e. The highest BCUT2D eigenvalue weighted by Gasteiger charge is 2.23. The van der Waals surface area contributed by atoms with Crippen LogP contribution >= 0.6 is 0 Å². The monoisotopic (exact) mass is 228 g/mol. The Morgan fingerprint density at radius 2 is 1.88 bits per heavy atom. The van der Waals surface area contributed by atoms with E-state index in [9.17, 15) is 9.59 Å². The summed E-state index contributed by atoms with van der Waals surface area (Å²) in [4.78, 5) is 22.5. The van der Waals surface area contributed by atoms with Gasteiger partial charge in [-0.3, -0.25) is 14.9 Å². The molecule has 1 saturated carbocycles. The van der Waals surface area contributed by atoms with Crippen molar-refractivity contribution in [3.8, 4) is 0 Å². The first-order valence-electron chi connectivity index (χ1n) is 5.59. The van der Waals surface area contributed by atoms with Gasteiger partial charge in [-0.1, -0.05) is 0 Å². The van der Waals surface area contributed by atoms with Gasteiger partial charge in [-0.25, -0.2) is 0 Å². The largest absolute Gasteiger partial charge is 0.459 e. The number of rotatable bonds is 5. The molecule has 5 heteroatoms. The minimum absolute atomic E-state index is 0.0638. The lowest BCUT2D eigenvalue weighted by atomic mass is 10.2. The predicted octanol–water partition coefficient (Wildman–Crippen LogP) is 0.196. The molecule has 1 rings (SSSR count). The minimum atomic E-state index is -0.477. The highest BCUT2D eigenvalue weighted by atomic mass is 16.6. The first-order chi connectivity index (χ1) is 7.37. The molecule has 0 radical (unpaired) electrons. The molecule has 0 spiro atoms. The maximum atomic E-state index is 11.3. The summed E-state index contributed by atoms with van der Waals surface area (Å²) in [6, 6.07) is 0.357. The summed E-state index contributed by atoms with van der Waals surface area (Å²) in [5.74, 6) is -0.405. The number of ether oxygens (including phenoxy) is 1. The van der Waals surface area contributed by atoms with Crippen molar-refractivity contribution in [3.05, 3.63) is 0 Å². The summed E-state index contributed by atoms with van der Waals surface area (Å²) < 4.78 is 5.08. The zero-order chi connectivity index (χ0) is 12.2. The van der Waals surface area contributed by atoms with E-state index in [2.05, 4.69) is 10.6 Å². The summed E-state index contributed by atoms with van der Waals surface area (Å²) in [5, 5.41) is 5.58. The van der Waals surface area contributed by atoms with Crippen LogP contribution in [-0.2, 0) is 14.3 Å². The van der Waals surface area contributed by atoms with Crippen LogP contribution in [0, 0.1) is 0 Å². The van der Waals surface area contributed by atoms with E-state index in [-0.39, 0.29) is 25.0 Å². The molecule has 92 valence electrons. The second kappa shape index (κ2) is 5.30. The van der Waals surface area contributed by atoms with Crippen molar-refractivity contribution in [2.75, 3.05) is 13.1 Å². The lowest BCUT2D eigenvalue weighted by molar-refractivity contribution is -0.153. The van der Waals surface area contributed by atoms with Crippen molar-refractivity contribution in [1.82, 2.24) is 10.6 Å². The zero-order valence-electron chi connectivity index (χ0n) is 10.1. The van der Waals surface area contributed by atoms with Gasteiger partial charge in [-0.15, -0.1) is 0 Å². The maximum Gasteiger partial charge on any atom is 0.320 e. The molecule has 5 nitrogen and oxygen atoms in total. The van der Waals surface area contributed by atoms with Gasteiger partial charge in [0.2, 0.25) is 5.91 Å². The number of hydrogen-bond acceptors (Lipinski definition) is 4. The Balaban J connectivity index is 2.05. The van der Waals surface area contributed by atoms with E-state index < -0.39 is 5.60 Å². The molecule has 0 aliphatic heterocycles. The Labute approximate surface area is 95.9 Å². The van der Waals surface area contributed by atoms with E-state index in [0.717, 1.165) is 12.8 Å². The molecule has 0 aromatic heterocycles. The topological polar surface area (TPSA) is 67.4 Å². The highest BCUT2D eigenvalue weighted by Crippen LogP contribution is 2.18. The standard InChI is InChI=1S/C11H20N2O3/c1-11(2,3)16-10(15)7-12-6-9(14)13-8-4-5-8/h8,12H,4-7H2,1-3H3,(H,13,14). The maximum absolute atomic E-state index is 11.3. The Bertz CT molecular complexity index is 267. The summed E-state index contributed by atoms with van der Waals surface area (Å²) in [5.41, 5.74) is -0.477. The van der Waals surface area contributed by atoms with Gasteiger partial charge in [0.15, 0.2) is 0 Å². The Morgan fingerprint density at radius 1 is 1.25 bits per heavy atom. The normalized spacial score (nSPS) is 15.7. The van der Waals surface area contributed by atoms with Crippen LogP contribution in [0.3, 0.4) is 0 Å². The molecule has 1 fully saturated rings. The van der Waals surface area contributed by atoms with Gasteiger partial charge in [0, 0.05) is 6.04 Å². The van der Waals surface area contributed by atoms with E-state index in [1.165, 1.54) is 0 Å². The second-order valence-corrected chi connectivity index (χ2v) is 5.03. The third-order valence-corrected chi connectivity index (χ3v) is 1.92. The fourth-order valence-corrected chi connectivity index (χ4v) is 1.16. The lowest BCUT2D eigenvalue weighted by Gasteiger charge is -2.19. The zero-order valence-corrected chi connectivity index (χ0v) is 10.1. The molecule has 1 aliphatic rings. The lowest BCUT2D eigenvalue weighted by Crippen LogP contribution is -2.38. The Hall–Kier alpha value is -1.10. The van der Waals surface area contributed by atoms with Crippen molar-refractivity contribution in [1.29, 1.82) is 0 Å². The number of carbonyl (C=O) groups excluding carboxylic acids is 2. The van der Waals surface area contributed by atoms with Gasteiger partial charge in [-0.05, 0) is 33.6 Å². The number of carbonyl (C=O) groups is 2. The van der Waals surface area contributed by atoms with E-state index >= 15 is 0 Å².